The van der Waals surface area contributed by atoms with Crippen LogP contribution in [0.25, 0.3) is 0 Å². The number of carbonyl (C=O) groups is 3. The van der Waals surface area contributed by atoms with Crippen molar-refractivity contribution in [1.82, 2.24) is 15.1 Å². The van der Waals surface area contributed by atoms with Gasteiger partial charge in [-0.1, -0.05) is 55.8 Å². The molecular formula is C24H27ClFN3O3. The van der Waals surface area contributed by atoms with E-state index < -0.39 is 11.9 Å². The van der Waals surface area contributed by atoms with E-state index >= 15 is 0 Å². The highest BCUT2D eigenvalue weighted by Gasteiger charge is 2.32. The molecule has 2 aromatic rings. The first-order chi connectivity index (χ1) is 15.3. The van der Waals surface area contributed by atoms with E-state index in [1.807, 2.05) is 44.2 Å². The highest BCUT2D eigenvalue weighted by molar-refractivity contribution is 6.33. The van der Waals surface area contributed by atoms with Crippen LogP contribution < -0.4 is 5.32 Å². The van der Waals surface area contributed by atoms with Crippen molar-refractivity contribution in [3.05, 3.63) is 70.5 Å². The van der Waals surface area contributed by atoms with E-state index in [1.165, 1.54) is 12.1 Å². The SMILES string of the molecule is CC(C)C(NC(=O)Cc1ccccc1)C(=O)N1CCN(C(=O)c2ccc(F)cc2Cl)CC1. The van der Waals surface area contributed by atoms with E-state index in [0.29, 0.717) is 26.2 Å². The Morgan fingerprint density at radius 2 is 1.62 bits per heavy atom. The van der Waals surface area contributed by atoms with Crippen molar-refractivity contribution in [2.45, 2.75) is 26.3 Å². The highest BCUT2D eigenvalue weighted by atomic mass is 35.5. The Hall–Kier alpha value is -2.93. The minimum absolute atomic E-state index is 0.0644. The maximum atomic E-state index is 13.3. The Bertz CT molecular complexity index is 976. The summed E-state index contributed by atoms with van der Waals surface area (Å²) in [6.07, 6.45) is 0.206. The molecule has 8 heteroatoms. The fraction of sp³-hybridized carbons (Fsp3) is 0.375. The van der Waals surface area contributed by atoms with Crippen LogP contribution in [0.2, 0.25) is 5.02 Å². The fourth-order valence-electron chi connectivity index (χ4n) is 3.68. The van der Waals surface area contributed by atoms with Gasteiger partial charge in [-0.25, -0.2) is 4.39 Å². The van der Waals surface area contributed by atoms with Gasteiger partial charge in [0.2, 0.25) is 11.8 Å². The predicted octanol–water partition coefficient (Wildman–Crippen LogP) is 3.15. The zero-order valence-corrected chi connectivity index (χ0v) is 18.9. The molecule has 1 aliphatic heterocycles. The quantitative estimate of drug-likeness (QED) is 0.721. The normalized spacial score (nSPS) is 14.9. The van der Waals surface area contributed by atoms with Gasteiger partial charge in [0, 0.05) is 26.2 Å². The smallest absolute Gasteiger partial charge is 0.255 e. The predicted molar refractivity (Wildman–Crippen MR) is 121 cm³/mol. The fourth-order valence-corrected chi connectivity index (χ4v) is 3.93. The lowest BCUT2D eigenvalue weighted by atomic mass is 10.0. The third-order valence-corrected chi connectivity index (χ3v) is 5.81. The Morgan fingerprint density at radius 1 is 1.00 bits per heavy atom. The minimum Gasteiger partial charge on any atom is -0.344 e. The lowest BCUT2D eigenvalue weighted by Crippen LogP contribution is -2.57. The molecule has 1 N–H and O–H groups in total. The summed E-state index contributed by atoms with van der Waals surface area (Å²) in [4.78, 5) is 41.6. The Labute approximate surface area is 192 Å². The van der Waals surface area contributed by atoms with Crippen LogP contribution in [-0.2, 0) is 16.0 Å². The van der Waals surface area contributed by atoms with Gasteiger partial charge < -0.3 is 15.1 Å². The van der Waals surface area contributed by atoms with E-state index in [4.69, 9.17) is 11.6 Å². The number of nitrogens with one attached hydrogen (secondary N) is 1. The molecule has 0 aromatic heterocycles. The zero-order chi connectivity index (χ0) is 23.3. The molecule has 0 bridgehead atoms. The molecule has 0 saturated carbocycles. The van der Waals surface area contributed by atoms with Crippen molar-refractivity contribution in [3.63, 3.8) is 0 Å². The monoisotopic (exact) mass is 459 g/mol. The Kier molecular flexibility index (Phi) is 7.85. The molecule has 0 aliphatic carbocycles. The number of hydrogen-bond acceptors (Lipinski definition) is 3. The number of benzene rings is 2. The summed E-state index contributed by atoms with van der Waals surface area (Å²) >= 11 is 6.01. The molecule has 2 aromatic carbocycles. The average molecular weight is 460 g/mol. The largest absolute Gasteiger partial charge is 0.344 e. The maximum absolute atomic E-state index is 13.3. The van der Waals surface area contributed by atoms with Gasteiger partial charge >= 0.3 is 0 Å². The molecule has 6 nitrogen and oxygen atoms in total. The van der Waals surface area contributed by atoms with Gasteiger partial charge in [-0.05, 0) is 29.7 Å². The topological polar surface area (TPSA) is 69.7 Å². The molecule has 0 spiro atoms. The first-order valence-electron chi connectivity index (χ1n) is 10.6. The summed E-state index contributed by atoms with van der Waals surface area (Å²) in [6.45, 7) is 5.15. The lowest BCUT2D eigenvalue weighted by molar-refractivity contribution is -0.138. The molecule has 3 amide bonds. The number of piperazine rings is 1. The van der Waals surface area contributed by atoms with Crippen LogP contribution in [0.15, 0.2) is 48.5 Å². The van der Waals surface area contributed by atoms with E-state index in [-0.39, 0.29) is 40.6 Å². The van der Waals surface area contributed by atoms with Crippen LogP contribution in [0.4, 0.5) is 4.39 Å². The third-order valence-electron chi connectivity index (χ3n) is 5.50. The number of nitrogens with zero attached hydrogens (tertiary/aromatic N) is 2. The van der Waals surface area contributed by atoms with E-state index in [0.717, 1.165) is 11.6 Å². The van der Waals surface area contributed by atoms with Crippen LogP contribution >= 0.6 is 11.6 Å². The first-order valence-corrected chi connectivity index (χ1v) is 11.0. The third kappa shape index (κ3) is 5.85. The van der Waals surface area contributed by atoms with Gasteiger partial charge in [-0.15, -0.1) is 0 Å². The molecule has 32 heavy (non-hydrogen) atoms. The van der Waals surface area contributed by atoms with Crippen LogP contribution in [0.3, 0.4) is 0 Å². The first kappa shape index (κ1) is 23.7. The summed E-state index contributed by atoms with van der Waals surface area (Å²) in [5.41, 5.74) is 1.12. The van der Waals surface area contributed by atoms with E-state index in [9.17, 15) is 18.8 Å². The number of carbonyl (C=O) groups excluding carboxylic acids is 3. The van der Waals surface area contributed by atoms with Gasteiger partial charge in [0.25, 0.3) is 5.91 Å². The van der Waals surface area contributed by atoms with Crippen molar-refractivity contribution >= 4 is 29.3 Å². The van der Waals surface area contributed by atoms with Crippen molar-refractivity contribution in [2.24, 2.45) is 5.92 Å². The summed E-state index contributed by atoms with van der Waals surface area (Å²) in [5, 5.41) is 2.94. The van der Waals surface area contributed by atoms with Gasteiger partial charge in [0.05, 0.1) is 17.0 Å². The number of halogens is 2. The molecule has 1 unspecified atom stereocenters. The maximum Gasteiger partial charge on any atom is 0.255 e. The van der Waals surface area contributed by atoms with E-state index in [2.05, 4.69) is 5.32 Å². The molecule has 1 atom stereocenters. The highest BCUT2D eigenvalue weighted by Crippen LogP contribution is 2.20. The van der Waals surface area contributed by atoms with Gasteiger partial charge in [-0.2, -0.15) is 0 Å². The second-order valence-corrected chi connectivity index (χ2v) is 8.60. The van der Waals surface area contributed by atoms with Crippen LogP contribution in [0.5, 0.6) is 0 Å². The molecule has 1 aliphatic rings. The van der Waals surface area contributed by atoms with Crippen LogP contribution in [0, 0.1) is 11.7 Å². The van der Waals surface area contributed by atoms with Crippen molar-refractivity contribution < 1.29 is 18.8 Å². The molecule has 3 rings (SSSR count). The Morgan fingerprint density at radius 3 is 2.22 bits per heavy atom. The molecular weight excluding hydrogens is 433 g/mol. The molecule has 1 fully saturated rings. The molecule has 1 saturated heterocycles. The van der Waals surface area contributed by atoms with Crippen molar-refractivity contribution in [3.8, 4) is 0 Å². The molecule has 1 heterocycles. The summed E-state index contributed by atoms with van der Waals surface area (Å²) < 4.78 is 13.3. The van der Waals surface area contributed by atoms with E-state index in [1.54, 1.807) is 9.80 Å². The molecule has 0 radical (unpaired) electrons. The number of rotatable bonds is 6. The second-order valence-electron chi connectivity index (χ2n) is 8.19. The van der Waals surface area contributed by atoms with Gasteiger partial charge in [-0.3, -0.25) is 14.4 Å². The summed E-state index contributed by atoms with van der Waals surface area (Å²) in [6, 6.07) is 12.4. The lowest BCUT2D eigenvalue weighted by Gasteiger charge is -2.37. The van der Waals surface area contributed by atoms with Crippen LogP contribution in [0.1, 0.15) is 29.8 Å². The van der Waals surface area contributed by atoms with Crippen molar-refractivity contribution in [1.29, 1.82) is 0 Å². The minimum atomic E-state index is -0.639. The Balaban J connectivity index is 1.58. The second kappa shape index (κ2) is 10.6. The van der Waals surface area contributed by atoms with Crippen molar-refractivity contribution in [2.75, 3.05) is 26.2 Å². The standard InChI is InChI=1S/C24H27ClFN3O3/c1-16(2)22(27-21(30)14-17-6-4-3-5-7-17)24(32)29-12-10-28(11-13-29)23(31)19-9-8-18(26)15-20(19)25/h3-9,15-16,22H,10-14H2,1-2H3,(H,27,30). The number of amides is 3. The van der Waals surface area contributed by atoms with Gasteiger partial charge in [0.15, 0.2) is 0 Å². The zero-order valence-electron chi connectivity index (χ0n) is 18.2. The van der Waals surface area contributed by atoms with Crippen LogP contribution in [-0.4, -0.2) is 59.7 Å². The van der Waals surface area contributed by atoms with Gasteiger partial charge in [0.1, 0.15) is 11.9 Å². The molecule has 170 valence electrons. The average Bonchev–Trinajstić information content (AvgIpc) is 2.77. The number of hydrogen-bond donors (Lipinski definition) is 1. The summed E-state index contributed by atoms with van der Waals surface area (Å²) in [7, 11) is 0. The summed E-state index contributed by atoms with van der Waals surface area (Å²) in [5.74, 6) is -1.24.